The average Bonchev–Trinajstić information content (AvgIpc) is 2.54. The van der Waals surface area contributed by atoms with Gasteiger partial charge in [-0.05, 0) is 43.7 Å². The van der Waals surface area contributed by atoms with Gasteiger partial charge in [0.1, 0.15) is 11.9 Å². The fourth-order valence-electron chi connectivity index (χ4n) is 2.78. The Morgan fingerprint density at radius 2 is 1.71 bits per heavy atom. The fraction of sp³-hybridized carbons (Fsp3) is 0.556. The summed E-state index contributed by atoms with van der Waals surface area (Å²) in [7, 11) is 2.03. The zero-order valence-electron chi connectivity index (χ0n) is 14.6. The summed E-state index contributed by atoms with van der Waals surface area (Å²) in [4.78, 5) is 29.2. The summed E-state index contributed by atoms with van der Waals surface area (Å²) >= 11 is 0. The molecule has 1 aromatic carbocycles. The standard InChI is InChI=1S/C18H26FN3O2/c1-13(2)12-16(18(24)22-10-8-21(3)9-11-22)20-17(23)14-4-6-15(19)7-5-14/h4-7,13,16H,8-12H2,1-3H3,(H,20,23)/t16-/m1/s1. The predicted molar refractivity (Wildman–Crippen MR) is 91.2 cm³/mol. The Bertz CT molecular complexity index is 566. The van der Waals surface area contributed by atoms with Crippen molar-refractivity contribution >= 4 is 11.8 Å². The van der Waals surface area contributed by atoms with Crippen LogP contribution in [0.4, 0.5) is 4.39 Å². The largest absolute Gasteiger partial charge is 0.340 e. The van der Waals surface area contributed by atoms with Crippen LogP contribution in [0.1, 0.15) is 30.6 Å². The normalized spacial score (nSPS) is 17.0. The van der Waals surface area contributed by atoms with E-state index in [2.05, 4.69) is 10.2 Å². The third kappa shape index (κ3) is 5.03. The van der Waals surface area contributed by atoms with Gasteiger partial charge in [0.25, 0.3) is 5.91 Å². The maximum Gasteiger partial charge on any atom is 0.251 e. The van der Waals surface area contributed by atoms with Crippen LogP contribution < -0.4 is 5.32 Å². The molecule has 0 radical (unpaired) electrons. The number of benzene rings is 1. The lowest BCUT2D eigenvalue weighted by Crippen LogP contribution is -2.54. The number of rotatable bonds is 5. The quantitative estimate of drug-likeness (QED) is 0.892. The van der Waals surface area contributed by atoms with Crippen molar-refractivity contribution in [2.75, 3.05) is 33.2 Å². The van der Waals surface area contributed by atoms with Crippen LogP contribution in [-0.4, -0.2) is 60.9 Å². The minimum Gasteiger partial charge on any atom is -0.340 e. The number of carbonyl (C=O) groups is 2. The van der Waals surface area contributed by atoms with Gasteiger partial charge in [-0.2, -0.15) is 0 Å². The molecule has 1 saturated heterocycles. The molecule has 1 heterocycles. The number of likely N-dealkylation sites (N-methyl/N-ethyl adjacent to an activating group) is 1. The summed E-state index contributed by atoms with van der Waals surface area (Å²) in [6.07, 6.45) is 0.581. The first kappa shape index (κ1) is 18.4. The first-order chi connectivity index (χ1) is 11.4. The molecular formula is C18H26FN3O2. The summed E-state index contributed by atoms with van der Waals surface area (Å²) < 4.78 is 13.0. The Kier molecular flexibility index (Phi) is 6.31. The monoisotopic (exact) mass is 335 g/mol. The van der Waals surface area contributed by atoms with E-state index in [-0.39, 0.29) is 17.7 Å². The smallest absolute Gasteiger partial charge is 0.251 e. The molecule has 132 valence electrons. The zero-order valence-corrected chi connectivity index (χ0v) is 14.6. The topological polar surface area (TPSA) is 52.7 Å². The van der Waals surface area contributed by atoms with Gasteiger partial charge in [0.2, 0.25) is 5.91 Å². The number of halogens is 1. The van der Waals surface area contributed by atoms with E-state index < -0.39 is 11.9 Å². The molecule has 0 saturated carbocycles. The second kappa shape index (κ2) is 8.24. The lowest BCUT2D eigenvalue weighted by Gasteiger charge is -2.35. The van der Waals surface area contributed by atoms with Crippen LogP contribution in [0.2, 0.25) is 0 Å². The lowest BCUT2D eigenvalue weighted by atomic mass is 10.0. The third-order valence-electron chi connectivity index (χ3n) is 4.23. The van der Waals surface area contributed by atoms with Gasteiger partial charge in [0, 0.05) is 31.7 Å². The number of nitrogens with zero attached hydrogens (tertiary/aromatic N) is 2. The third-order valence-corrected chi connectivity index (χ3v) is 4.23. The van der Waals surface area contributed by atoms with Gasteiger partial charge in [0.05, 0.1) is 0 Å². The van der Waals surface area contributed by atoms with Gasteiger partial charge in [-0.15, -0.1) is 0 Å². The van der Waals surface area contributed by atoms with E-state index in [4.69, 9.17) is 0 Å². The van der Waals surface area contributed by atoms with Crippen LogP contribution in [0.25, 0.3) is 0 Å². The number of hydrogen-bond donors (Lipinski definition) is 1. The molecule has 1 fully saturated rings. The van der Waals surface area contributed by atoms with Crippen molar-refractivity contribution in [3.63, 3.8) is 0 Å². The van der Waals surface area contributed by atoms with Crippen LogP contribution in [0.15, 0.2) is 24.3 Å². The van der Waals surface area contributed by atoms with Crippen LogP contribution in [-0.2, 0) is 4.79 Å². The molecule has 6 heteroatoms. The van der Waals surface area contributed by atoms with Crippen molar-refractivity contribution in [2.45, 2.75) is 26.3 Å². The van der Waals surface area contributed by atoms with E-state index in [1.807, 2.05) is 25.8 Å². The van der Waals surface area contributed by atoms with Gasteiger partial charge < -0.3 is 15.1 Å². The minimum absolute atomic E-state index is 0.0349. The molecule has 2 amide bonds. The Labute approximate surface area is 142 Å². The molecule has 1 N–H and O–H groups in total. The van der Waals surface area contributed by atoms with Crippen LogP contribution in [0.5, 0.6) is 0 Å². The fourth-order valence-corrected chi connectivity index (χ4v) is 2.78. The Morgan fingerprint density at radius 1 is 1.12 bits per heavy atom. The maximum atomic E-state index is 13.0. The van der Waals surface area contributed by atoms with Gasteiger partial charge in [-0.25, -0.2) is 4.39 Å². The highest BCUT2D eigenvalue weighted by atomic mass is 19.1. The molecule has 1 atom stereocenters. The van der Waals surface area contributed by atoms with Crippen molar-refractivity contribution in [1.29, 1.82) is 0 Å². The summed E-state index contributed by atoms with van der Waals surface area (Å²) in [5.41, 5.74) is 0.358. The first-order valence-electron chi connectivity index (χ1n) is 8.40. The molecule has 0 aliphatic carbocycles. The summed E-state index contributed by atoms with van der Waals surface area (Å²) in [6, 6.07) is 4.80. The number of nitrogens with one attached hydrogen (secondary N) is 1. The molecule has 0 unspecified atom stereocenters. The molecule has 1 aliphatic rings. The lowest BCUT2D eigenvalue weighted by molar-refractivity contribution is -0.135. The molecule has 5 nitrogen and oxygen atoms in total. The van der Waals surface area contributed by atoms with Gasteiger partial charge in [0.15, 0.2) is 0 Å². The van der Waals surface area contributed by atoms with E-state index in [9.17, 15) is 14.0 Å². The minimum atomic E-state index is -0.550. The van der Waals surface area contributed by atoms with Crippen molar-refractivity contribution in [1.82, 2.24) is 15.1 Å². The molecular weight excluding hydrogens is 309 g/mol. The second-order valence-corrected chi connectivity index (χ2v) is 6.79. The molecule has 0 spiro atoms. The van der Waals surface area contributed by atoms with Crippen molar-refractivity contribution in [2.24, 2.45) is 5.92 Å². The molecule has 1 aromatic rings. The van der Waals surface area contributed by atoms with Crippen LogP contribution in [0.3, 0.4) is 0 Å². The molecule has 24 heavy (non-hydrogen) atoms. The van der Waals surface area contributed by atoms with Crippen LogP contribution in [0, 0.1) is 11.7 Å². The van der Waals surface area contributed by atoms with E-state index in [1.54, 1.807) is 0 Å². The Hall–Kier alpha value is -1.95. The summed E-state index contributed by atoms with van der Waals surface area (Å²) in [6.45, 7) is 7.08. The molecule has 0 bridgehead atoms. The van der Waals surface area contributed by atoms with E-state index >= 15 is 0 Å². The van der Waals surface area contributed by atoms with Crippen molar-refractivity contribution < 1.29 is 14.0 Å². The second-order valence-electron chi connectivity index (χ2n) is 6.79. The molecule has 0 aromatic heterocycles. The average molecular weight is 335 g/mol. The molecule has 2 rings (SSSR count). The molecule has 1 aliphatic heterocycles. The summed E-state index contributed by atoms with van der Waals surface area (Å²) in [5.74, 6) is -0.492. The highest BCUT2D eigenvalue weighted by Crippen LogP contribution is 2.12. The SMILES string of the molecule is CC(C)C[C@@H](NC(=O)c1ccc(F)cc1)C(=O)N1CCN(C)CC1. The van der Waals surface area contributed by atoms with Gasteiger partial charge >= 0.3 is 0 Å². The maximum absolute atomic E-state index is 13.0. The van der Waals surface area contributed by atoms with Crippen molar-refractivity contribution in [3.05, 3.63) is 35.6 Å². The van der Waals surface area contributed by atoms with Gasteiger partial charge in [-0.1, -0.05) is 13.8 Å². The Balaban J connectivity index is 2.05. The van der Waals surface area contributed by atoms with E-state index in [0.29, 0.717) is 25.1 Å². The zero-order chi connectivity index (χ0) is 17.7. The van der Waals surface area contributed by atoms with E-state index in [1.165, 1.54) is 24.3 Å². The van der Waals surface area contributed by atoms with Crippen LogP contribution >= 0.6 is 0 Å². The highest BCUT2D eigenvalue weighted by molar-refractivity contribution is 5.97. The number of amides is 2. The first-order valence-corrected chi connectivity index (χ1v) is 8.40. The number of carbonyl (C=O) groups excluding carboxylic acids is 2. The number of piperazine rings is 1. The summed E-state index contributed by atoms with van der Waals surface area (Å²) in [5, 5.41) is 2.83. The van der Waals surface area contributed by atoms with E-state index in [0.717, 1.165) is 13.1 Å². The highest BCUT2D eigenvalue weighted by Gasteiger charge is 2.28. The van der Waals surface area contributed by atoms with Gasteiger partial charge in [-0.3, -0.25) is 9.59 Å². The Morgan fingerprint density at radius 3 is 2.25 bits per heavy atom. The van der Waals surface area contributed by atoms with Crippen molar-refractivity contribution in [3.8, 4) is 0 Å². The predicted octanol–water partition coefficient (Wildman–Crippen LogP) is 1.74. The number of hydrogen-bond acceptors (Lipinski definition) is 3.